The first-order chi connectivity index (χ1) is 7.78. The quantitative estimate of drug-likeness (QED) is 0.910. The highest BCUT2D eigenvalue weighted by Gasteiger charge is 2.18. The maximum atomic E-state index is 11.5. The van der Waals surface area contributed by atoms with Gasteiger partial charge in [-0.1, -0.05) is 0 Å². The first-order valence-corrected chi connectivity index (χ1v) is 6.17. The molecule has 1 rings (SSSR count). The SMILES string of the molecule is C[C@@H](OC(=O)NC(C)(C)C)c1ccc(Br)cn1. The zero-order valence-corrected chi connectivity index (χ0v) is 12.0. The van der Waals surface area contributed by atoms with E-state index in [9.17, 15) is 4.79 Å². The van der Waals surface area contributed by atoms with Crippen molar-refractivity contribution in [2.75, 3.05) is 0 Å². The maximum Gasteiger partial charge on any atom is 0.408 e. The molecule has 0 radical (unpaired) electrons. The van der Waals surface area contributed by atoms with Crippen molar-refractivity contribution >= 4 is 22.0 Å². The van der Waals surface area contributed by atoms with Gasteiger partial charge in [-0.15, -0.1) is 0 Å². The summed E-state index contributed by atoms with van der Waals surface area (Å²) in [6, 6.07) is 3.68. The van der Waals surface area contributed by atoms with Crippen LogP contribution in [0.15, 0.2) is 22.8 Å². The topological polar surface area (TPSA) is 51.2 Å². The van der Waals surface area contributed by atoms with Crippen LogP contribution in [0.4, 0.5) is 4.79 Å². The summed E-state index contributed by atoms with van der Waals surface area (Å²) in [7, 11) is 0. The van der Waals surface area contributed by atoms with Gasteiger partial charge in [0.1, 0.15) is 6.10 Å². The van der Waals surface area contributed by atoms with E-state index in [1.54, 1.807) is 13.1 Å². The standard InChI is InChI=1S/C12H17BrN2O2/c1-8(10-6-5-9(13)7-14-10)17-11(16)15-12(2,3)4/h5-8H,1-4H3,(H,15,16)/t8-/m1/s1. The summed E-state index contributed by atoms with van der Waals surface area (Å²) in [5.41, 5.74) is 0.418. The number of amides is 1. The highest BCUT2D eigenvalue weighted by atomic mass is 79.9. The molecule has 0 spiro atoms. The Morgan fingerprint density at radius 1 is 1.47 bits per heavy atom. The number of alkyl carbamates (subject to hydrolysis) is 1. The zero-order valence-electron chi connectivity index (χ0n) is 10.5. The van der Waals surface area contributed by atoms with Gasteiger partial charge in [-0.25, -0.2) is 4.79 Å². The van der Waals surface area contributed by atoms with Gasteiger partial charge in [-0.05, 0) is 55.8 Å². The van der Waals surface area contributed by atoms with Crippen LogP contribution >= 0.6 is 15.9 Å². The van der Waals surface area contributed by atoms with Gasteiger partial charge in [-0.2, -0.15) is 0 Å². The number of rotatable bonds is 2. The molecule has 0 aliphatic heterocycles. The van der Waals surface area contributed by atoms with Crippen LogP contribution in [0.3, 0.4) is 0 Å². The number of nitrogens with zero attached hydrogens (tertiary/aromatic N) is 1. The number of nitrogens with one attached hydrogen (secondary N) is 1. The molecular weight excluding hydrogens is 284 g/mol. The average Bonchev–Trinajstić information content (AvgIpc) is 2.15. The molecule has 0 saturated carbocycles. The largest absolute Gasteiger partial charge is 0.440 e. The second-order valence-electron chi connectivity index (χ2n) is 4.82. The summed E-state index contributed by atoms with van der Waals surface area (Å²) in [5, 5.41) is 2.73. The fraction of sp³-hybridized carbons (Fsp3) is 0.500. The first kappa shape index (κ1) is 14.0. The Kier molecular flexibility index (Phi) is 4.51. The van der Waals surface area contributed by atoms with E-state index in [1.807, 2.05) is 32.9 Å². The summed E-state index contributed by atoms with van der Waals surface area (Å²) in [5.74, 6) is 0. The number of pyridine rings is 1. The van der Waals surface area contributed by atoms with Gasteiger partial charge in [0.15, 0.2) is 0 Å². The number of carbonyl (C=O) groups is 1. The van der Waals surface area contributed by atoms with Crippen molar-refractivity contribution in [1.29, 1.82) is 0 Å². The number of halogens is 1. The predicted octanol–water partition coefficient (Wildman–Crippen LogP) is 3.43. The molecule has 0 unspecified atom stereocenters. The van der Waals surface area contributed by atoms with Crippen LogP contribution in [0.5, 0.6) is 0 Å². The highest BCUT2D eigenvalue weighted by molar-refractivity contribution is 9.10. The third kappa shape index (κ3) is 5.17. The van der Waals surface area contributed by atoms with Gasteiger partial charge >= 0.3 is 6.09 Å². The first-order valence-electron chi connectivity index (χ1n) is 5.38. The summed E-state index contributed by atoms with van der Waals surface area (Å²) in [6.45, 7) is 7.49. The molecule has 0 aliphatic rings. The molecule has 1 amide bonds. The fourth-order valence-electron chi connectivity index (χ4n) is 1.18. The molecule has 1 aromatic heterocycles. The normalized spacial score (nSPS) is 13.0. The van der Waals surface area contributed by atoms with E-state index in [4.69, 9.17) is 4.74 Å². The number of carbonyl (C=O) groups excluding carboxylic acids is 1. The van der Waals surface area contributed by atoms with E-state index in [2.05, 4.69) is 26.2 Å². The van der Waals surface area contributed by atoms with E-state index < -0.39 is 6.09 Å². The molecule has 0 saturated heterocycles. The number of hydrogen-bond acceptors (Lipinski definition) is 3. The Morgan fingerprint density at radius 2 is 2.12 bits per heavy atom. The molecule has 0 aromatic carbocycles. The lowest BCUT2D eigenvalue weighted by Gasteiger charge is -2.21. The lowest BCUT2D eigenvalue weighted by molar-refractivity contribution is 0.0980. The molecule has 5 heteroatoms. The summed E-state index contributed by atoms with van der Waals surface area (Å²) < 4.78 is 6.12. The van der Waals surface area contributed by atoms with E-state index >= 15 is 0 Å². The van der Waals surface area contributed by atoms with Crippen LogP contribution in [0.1, 0.15) is 39.5 Å². The van der Waals surface area contributed by atoms with Crippen molar-refractivity contribution < 1.29 is 9.53 Å². The number of ether oxygens (including phenoxy) is 1. The molecule has 94 valence electrons. The molecule has 17 heavy (non-hydrogen) atoms. The Hall–Kier alpha value is -1.10. The molecule has 1 aromatic rings. The smallest absolute Gasteiger partial charge is 0.408 e. The molecule has 1 atom stereocenters. The third-order valence-electron chi connectivity index (χ3n) is 1.93. The van der Waals surface area contributed by atoms with Crippen molar-refractivity contribution in [2.45, 2.75) is 39.3 Å². The third-order valence-corrected chi connectivity index (χ3v) is 2.40. The van der Waals surface area contributed by atoms with E-state index in [1.165, 1.54) is 0 Å². The summed E-state index contributed by atoms with van der Waals surface area (Å²) >= 11 is 3.30. The van der Waals surface area contributed by atoms with Gasteiger partial charge in [0.2, 0.25) is 0 Å². The van der Waals surface area contributed by atoms with E-state index in [0.29, 0.717) is 0 Å². The highest BCUT2D eigenvalue weighted by Crippen LogP contribution is 2.17. The van der Waals surface area contributed by atoms with Crippen LogP contribution in [0.25, 0.3) is 0 Å². The lowest BCUT2D eigenvalue weighted by atomic mass is 10.1. The van der Waals surface area contributed by atoms with E-state index in [0.717, 1.165) is 10.2 Å². The van der Waals surface area contributed by atoms with E-state index in [-0.39, 0.29) is 11.6 Å². The van der Waals surface area contributed by atoms with Gasteiger partial charge in [0.25, 0.3) is 0 Å². The molecule has 0 aliphatic carbocycles. The number of hydrogen-bond donors (Lipinski definition) is 1. The van der Waals surface area contributed by atoms with Crippen molar-refractivity contribution in [3.8, 4) is 0 Å². The molecule has 0 fully saturated rings. The predicted molar refractivity (Wildman–Crippen MR) is 69.7 cm³/mol. The van der Waals surface area contributed by atoms with Crippen molar-refractivity contribution in [3.63, 3.8) is 0 Å². The van der Waals surface area contributed by atoms with Crippen LogP contribution in [-0.4, -0.2) is 16.6 Å². The maximum absolute atomic E-state index is 11.5. The monoisotopic (exact) mass is 300 g/mol. The van der Waals surface area contributed by atoms with Crippen LogP contribution in [-0.2, 0) is 4.74 Å². The second kappa shape index (κ2) is 5.49. The van der Waals surface area contributed by atoms with Gasteiger partial charge < -0.3 is 10.1 Å². The molecule has 4 nitrogen and oxygen atoms in total. The van der Waals surface area contributed by atoms with Gasteiger partial charge in [0.05, 0.1) is 5.69 Å². The summed E-state index contributed by atoms with van der Waals surface area (Å²) in [4.78, 5) is 15.7. The Bertz CT molecular complexity index is 384. The minimum atomic E-state index is -0.435. The fourth-order valence-corrected chi connectivity index (χ4v) is 1.42. The summed E-state index contributed by atoms with van der Waals surface area (Å²) in [6.07, 6.45) is 0.872. The van der Waals surface area contributed by atoms with Crippen molar-refractivity contribution in [3.05, 3.63) is 28.5 Å². The zero-order chi connectivity index (χ0) is 13.1. The lowest BCUT2D eigenvalue weighted by Crippen LogP contribution is -2.41. The Labute approximate surface area is 110 Å². The van der Waals surface area contributed by atoms with Crippen LogP contribution in [0, 0.1) is 0 Å². The molecule has 1 heterocycles. The molecule has 1 N–H and O–H groups in total. The minimum absolute atomic E-state index is 0.302. The minimum Gasteiger partial charge on any atom is -0.440 e. The van der Waals surface area contributed by atoms with Crippen LogP contribution < -0.4 is 5.32 Å². The van der Waals surface area contributed by atoms with Gasteiger partial charge in [0, 0.05) is 16.2 Å². The van der Waals surface area contributed by atoms with Crippen molar-refractivity contribution in [1.82, 2.24) is 10.3 Å². The second-order valence-corrected chi connectivity index (χ2v) is 5.74. The Balaban J connectivity index is 2.57. The molecular formula is C12H17BrN2O2. The van der Waals surface area contributed by atoms with Crippen LogP contribution in [0.2, 0.25) is 0 Å². The Morgan fingerprint density at radius 3 is 2.59 bits per heavy atom. The number of aromatic nitrogens is 1. The van der Waals surface area contributed by atoms with Gasteiger partial charge in [-0.3, -0.25) is 4.98 Å². The van der Waals surface area contributed by atoms with Crippen molar-refractivity contribution in [2.24, 2.45) is 0 Å². The average molecular weight is 301 g/mol. The molecule has 0 bridgehead atoms.